The summed E-state index contributed by atoms with van der Waals surface area (Å²) in [5.74, 6) is 0.101. The SMILES string of the molecule is O=C(NCC1CC1)[C@@H]1[C@@H](CO)[C@@H]2Cn3c(cccc3=O)[C@H]1N2CCc1ccccc1. The highest BCUT2D eigenvalue weighted by Crippen LogP contribution is 2.48. The van der Waals surface area contributed by atoms with E-state index in [-0.39, 0.29) is 42.0 Å². The average molecular weight is 408 g/mol. The number of aromatic nitrogens is 1. The lowest BCUT2D eigenvalue weighted by Crippen LogP contribution is -2.47. The van der Waals surface area contributed by atoms with Crippen LogP contribution >= 0.6 is 0 Å². The van der Waals surface area contributed by atoms with Gasteiger partial charge in [-0.1, -0.05) is 36.4 Å². The summed E-state index contributed by atoms with van der Waals surface area (Å²) >= 11 is 0. The number of aliphatic hydroxyl groups is 1. The second kappa shape index (κ2) is 8.00. The molecule has 6 nitrogen and oxygen atoms in total. The first kappa shape index (κ1) is 19.5. The Bertz CT molecular complexity index is 969. The Morgan fingerprint density at radius 1 is 1.10 bits per heavy atom. The molecule has 158 valence electrons. The molecule has 3 aliphatic rings. The largest absolute Gasteiger partial charge is 0.396 e. The molecular formula is C24H29N3O3. The van der Waals surface area contributed by atoms with E-state index in [0.29, 0.717) is 12.5 Å². The van der Waals surface area contributed by atoms with Crippen molar-refractivity contribution in [2.75, 3.05) is 19.7 Å². The van der Waals surface area contributed by atoms with E-state index in [0.717, 1.165) is 25.2 Å². The molecule has 30 heavy (non-hydrogen) atoms. The number of pyridine rings is 1. The number of carbonyl (C=O) groups is 1. The number of rotatable bonds is 7. The molecule has 0 spiro atoms. The van der Waals surface area contributed by atoms with Crippen molar-refractivity contribution >= 4 is 5.91 Å². The van der Waals surface area contributed by atoms with Crippen LogP contribution in [0.25, 0.3) is 0 Å². The Kier molecular flexibility index (Phi) is 5.21. The van der Waals surface area contributed by atoms with E-state index in [1.807, 2.05) is 28.8 Å². The lowest BCUT2D eigenvalue weighted by molar-refractivity contribution is -0.127. The minimum absolute atomic E-state index is 0.0166. The van der Waals surface area contributed by atoms with Gasteiger partial charge in [0.15, 0.2) is 0 Å². The van der Waals surface area contributed by atoms with Gasteiger partial charge in [0.25, 0.3) is 5.56 Å². The van der Waals surface area contributed by atoms with Crippen molar-refractivity contribution in [3.63, 3.8) is 0 Å². The van der Waals surface area contributed by atoms with Crippen molar-refractivity contribution in [3.05, 3.63) is 70.1 Å². The number of hydrogen-bond acceptors (Lipinski definition) is 4. The number of amides is 1. The molecule has 2 fully saturated rings. The maximum Gasteiger partial charge on any atom is 0.250 e. The van der Waals surface area contributed by atoms with E-state index in [4.69, 9.17) is 0 Å². The van der Waals surface area contributed by atoms with E-state index in [1.54, 1.807) is 12.1 Å². The first-order valence-corrected chi connectivity index (χ1v) is 11.1. The third-order valence-electron chi connectivity index (χ3n) is 7.11. The topological polar surface area (TPSA) is 74.6 Å². The summed E-state index contributed by atoms with van der Waals surface area (Å²) in [5.41, 5.74) is 2.12. The summed E-state index contributed by atoms with van der Waals surface area (Å²) in [7, 11) is 0. The summed E-state index contributed by atoms with van der Waals surface area (Å²) in [4.78, 5) is 28.2. The van der Waals surface area contributed by atoms with Gasteiger partial charge >= 0.3 is 0 Å². The molecule has 1 saturated carbocycles. The summed E-state index contributed by atoms with van der Waals surface area (Å²) < 4.78 is 1.81. The number of nitrogens with one attached hydrogen (secondary N) is 1. The van der Waals surface area contributed by atoms with Gasteiger partial charge in [-0.3, -0.25) is 14.5 Å². The maximum absolute atomic E-state index is 13.3. The molecule has 5 rings (SSSR count). The third-order valence-corrected chi connectivity index (χ3v) is 7.11. The fraction of sp³-hybridized carbons (Fsp3) is 0.500. The highest BCUT2D eigenvalue weighted by molar-refractivity contribution is 5.80. The zero-order valence-electron chi connectivity index (χ0n) is 17.1. The monoisotopic (exact) mass is 407 g/mol. The maximum atomic E-state index is 13.3. The van der Waals surface area contributed by atoms with Crippen molar-refractivity contribution in [1.82, 2.24) is 14.8 Å². The Balaban J connectivity index is 1.47. The summed E-state index contributed by atoms with van der Waals surface area (Å²) in [6.07, 6.45) is 3.24. The molecule has 1 aromatic heterocycles. The zero-order valence-corrected chi connectivity index (χ0v) is 17.1. The smallest absolute Gasteiger partial charge is 0.250 e. The molecule has 1 aromatic carbocycles. The molecule has 1 amide bonds. The van der Waals surface area contributed by atoms with E-state index in [1.165, 1.54) is 18.4 Å². The van der Waals surface area contributed by atoms with Crippen LogP contribution in [-0.4, -0.2) is 46.2 Å². The molecule has 2 bridgehead atoms. The van der Waals surface area contributed by atoms with Crippen LogP contribution in [0.15, 0.2) is 53.3 Å². The lowest BCUT2D eigenvalue weighted by atomic mass is 9.86. The molecule has 0 unspecified atom stereocenters. The molecule has 0 radical (unpaired) electrons. The minimum Gasteiger partial charge on any atom is -0.396 e. The van der Waals surface area contributed by atoms with E-state index in [9.17, 15) is 14.7 Å². The molecule has 6 heteroatoms. The van der Waals surface area contributed by atoms with Gasteiger partial charge in [0.1, 0.15) is 0 Å². The van der Waals surface area contributed by atoms with Crippen LogP contribution in [0.3, 0.4) is 0 Å². The molecule has 3 heterocycles. The second-order valence-electron chi connectivity index (χ2n) is 8.95. The molecule has 4 atom stereocenters. The van der Waals surface area contributed by atoms with Gasteiger partial charge in [0.2, 0.25) is 5.91 Å². The quantitative estimate of drug-likeness (QED) is 0.731. The predicted octanol–water partition coefficient (Wildman–Crippen LogP) is 1.58. The van der Waals surface area contributed by atoms with Gasteiger partial charge in [0.05, 0.1) is 12.0 Å². The number of hydrogen-bond donors (Lipinski definition) is 2. The second-order valence-corrected chi connectivity index (χ2v) is 8.95. The molecule has 2 N–H and O–H groups in total. The van der Waals surface area contributed by atoms with Gasteiger partial charge in [-0.15, -0.1) is 0 Å². The minimum atomic E-state index is -0.343. The summed E-state index contributed by atoms with van der Waals surface area (Å²) in [6.45, 7) is 1.99. The first-order chi connectivity index (χ1) is 14.7. The van der Waals surface area contributed by atoms with E-state index < -0.39 is 0 Å². The standard InChI is InChI=1S/C24H29N3O3/c28-15-18-20-14-27-19(7-4-8-21(27)29)23(22(18)24(30)25-13-17-9-10-17)26(20)12-11-16-5-2-1-3-6-16/h1-8,17-18,20,22-23,28H,9-15H2,(H,25,30)/t18-,20-,22+,23+/m0/s1. The van der Waals surface area contributed by atoms with Gasteiger partial charge in [-0.05, 0) is 36.8 Å². The van der Waals surface area contributed by atoms with Gasteiger partial charge in [0, 0.05) is 50.0 Å². The fourth-order valence-corrected chi connectivity index (χ4v) is 5.37. The number of fused-ring (bicyclic) bond motifs is 4. The van der Waals surface area contributed by atoms with Crippen LogP contribution < -0.4 is 10.9 Å². The van der Waals surface area contributed by atoms with E-state index in [2.05, 4.69) is 22.3 Å². The zero-order chi connectivity index (χ0) is 20.7. The van der Waals surface area contributed by atoms with Crippen molar-refractivity contribution in [2.45, 2.75) is 37.9 Å². The molecule has 1 saturated heterocycles. The summed E-state index contributed by atoms with van der Waals surface area (Å²) in [6, 6.07) is 15.5. The van der Waals surface area contributed by atoms with Crippen LogP contribution in [0.4, 0.5) is 0 Å². The molecule has 2 aliphatic heterocycles. The molecular weight excluding hydrogens is 378 g/mol. The van der Waals surface area contributed by atoms with Crippen LogP contribution in [0, 0.1) is 17.8 Å². The van der Waals surface area contributed by atoms with Crippen molar-refractivity contribution in [1.29, 1.82) is 0 Å². The fourth-order valence-electron chi connectivity index (χ4n) is 5.37. The number of carbonyl (C=O) groups excluding carboxylic acids is 1. The van der Waals surface area contributed by atoms with Crippen LogP contribution in [0.2, 0.25) is 0 Å². The van der Waals surface area contributed by atoms with Gasteiger partial charge < -0.3 is 15.0 Å². The van der Waals surface area contributed by atoms with Crippen molar-refractivity contribution in [2.24, 2.45) is 17.8 Å². The highest BCUT2D eigenvalue weighted by Gasteiger charge is 2.55. The molecule has 2 aromatic rings. The Labute approximate surface area is 176 Å². The molecule has 1 aliphatic carbocycles. The van der Waals surface area contributed by atoms with Gasteiger partial charge in [-0.25, -0.2) is 0 Å². The highest BCUT2D eigenvalue weighted by atomic mass is 16.3. The number of benzene rings is 1. The first-order valence-electron chi connectivity index (χ1n) is 11.1. The van der Waals surface area contributed by atoms with Crippen LogP contribution in [0.1, 0.15) is 30.1 Å². The third kappa shape index (κ3) is 3.48. The van der Waals surface area contributed by atoms with Crippen molar-refractivity contribution < 1.29 is 9.90 Å². The normalized spacial score (nSPS) is 27.6. The number of aliphatic hydroxyl groups excluding tert-OH is 1. The lowest BCUT2D eigenvalue weighted by Gasteiger charge is -2.38. The predicted molar refractivity (Wildman–Crippen MR) is 114 cm³/mol. The van der Waals surface area contributed by atoms with Crippen LogP contribution in [-0.2, 0) is 17.8 Å². The number of nitrogens with zero attached hydrogens (tertiary/aromatic N) is 2. The summed E-state index contributed by atoms with van der Waals surface area (Å²) in [5, 5.41) is 13.4. The Morgan fingerprint density at radius 2 is 1.90 bits per heavy atom. The van der Waals surface area contributed by atoms with Crippen LogP contribution in [0.5, 0.6) is 0 Å². The van der Waals surface area contributed by atoms with E-state index >= 15 is 0 Å². The average Bonchev–Trinajstić information content (AvgIpc) is 3.56. The Hall–Kier alpha value is -2.44. The Morgan fingerprint density at radius 3 is 2.63 bits per heavy atom. The van der Waals surface area contributed by atoms with Gasteiger partial charge in [-0.2, -0.15) is 0 Å². The van der Waals surface area contributed by atoms with Crippen molar-refractivity contribution in [3.8, 4) is 0 Å².